The zero-order chi connectivity index (χ0) is 23.3. The Kier molecular flexibility index (Phi) is 7.22. The number of rotatable bonds is 9. The Morgan fingerprint density at radius 3 is 2.69 bits per heavy atom. The van der Waals surface area contributed by atoms with E-state index in [-0.39, 0.29) is 30.6 Å². The van der Waals surface area contributed by atoms with Gasteiger partial charge in [-0.3, -0.25) is 9.89 Å². The average molecular weight is 441 g/mol. The van der Waals surface area contributed by atoms with E-state index >= 15 is 0 Å². The monoisotopic (exact) mass is 441 g/mol. The first-order valence-electron chi connectivity index (χ1n) is 10.2. The third-order valence-electron chi connectivity index (χ3n) is 5.29. The molecule has 10 nitrogen and oxygen atoms in total. The van der Waals surface area contributed by atoms with E-state index in [1.165, 1.54) is 7.11 Å². The summed E-state index contributed by atoms with van der Waals surface area (Å²) in [6.07, 6.45) is 0. The molecule has 10 heteroatoms. The predicted octanol–water partition coefficient (Wildman–Crippen LogP) is 2.03. The van der Waals surface area contributed by atoms with Crippen molar-refractivity contribution < 1.29 is 23.7 Å². The molecule has 0 fully saturated rings. The number of allylic oxidation sites excluding steroid dienone is 1. The SMILES string of the molecule is CCN(CC)C(=O)COc1ccc(C2C(C#N)=C(N)Oc3n[nH]c(COC)c32)cc1OC. The van der Waals surface area contributed by atoms with Crippen LogP contribution in [0.25, 0.3) is 0 Å². The first kappa shape index (κ1) is 23.0. The van der Waals surface area contributed by atoms with Gasteiger partial charge in [0.25, 0.3) is 5.91 Å². The molecule has 1 amide bonds. The van der Waals surface area contributed by atoms with Crippen LogP contribution in [-0.4, -0.2) is 54.9 Å². The Bertz CT molecular complexity index is 1050. The lowest BCUT2D eigenvalue weighted by atomic mass is 9.84. The maximum Gasteiger partial charge on any atom is 0.260 e. The summed E-state index contributed by atoms with van der Waals surface area (Å²) in [5.74, 6) is 0.486. The van der Waals surface area contributed by atoms with Crippen molar-refractivity contribution in [1.82, 2.24) is 15.1 Å². The van der Waals surface area contributed by atoms with Crippen molar-refractivity contribution in [2.24, 2.45) is 5.73 Å². The molecule has 1 aromatic heterocycles. The maximum atomic E-state index is 12.3. The van der Waals surface area contributed by atoms with E-state index in [0.29, 0.717) is 41.7 Å². The Labute approximate surface area is 186 Å². The molecule has 3 rings (SSSR count). The molecule has 0 aliphatic carbocycles. The summed E-state index contributed by atoms with van der Waals surface area (Å²) in [6.45, 7) is 5.21. The number of carbonyl (C=O) groups is 1. The summed E-state index contributed by atoms with van der Waals surface area (Å²) in [6, 6.07) is 7.41. The van der Waals surface area contributed by atoms with Gasteiger partial charge in [0.15, 0.2) is 18.1 Å². The quantitative estimate of drug-likeness (QED) is 0.603. The standard InChI is InChI=1S/C22H27N5O5/c1-5-27(6-2)18(28)12-31-16-8-7-13(9-17(16)30-4)19-14(10-23)21(24)32-22-20(19)15(11-29-3)25-26-22/h7-9,19H,5-6,11-12,24H2,1-4H3,(H,25,26). The molecule has 0 saturated carbocycles. The van der Waals surface area contributed by atoms with Crippen LogP contribution >= 0.6 is 0 Å². The van der Waals surface area contributed by atoms with E-state index in [1.807, 2.05) is 13.8 Å². The van der Waals surface area contributed by atoms with E-state index in [2.05, 4.69) is 16.3 Å². The fourth-order valence-electron chi connectivity index (χ4n) is 3.69. The summed E-state index contributed by atoms with van der Waals surface area (Å²) in [5, 5.41) is 16.8. The lowest BCUT2D eigenvalue weighted by Crippen LogP contribution is -2.34. The number of ether oxygens (including phenoxy) is 4. The lowest BCUT2D eigenvalue weighted by molar-refractivity contribution is -0.132. The molecule has 1 unspecified atom stereocenters. The minimum absolute atomic E-state index is 0.00965. The number of hydrogen-bond donors (Lipinski definition) is 2. The van der Waals surface area contributed by atoms with Gasteiger partial charge < -0.3 is 29.6 Å². The van der Waals surface area contributed by atoms with Gasteiger partial charge in [0.2, 0.25) is 11.8 Å². The lowest BCUT2D eigenvalue weighted by Gasteiger charge is -2.25. The van der Waals surface area contributed by atoms with Gasteiger partial charge in [-0.05, 0) is 31.5 Å². The number of H-pyrrole nitrogens is 1. The number of carbonyl (C=O) groups excluding carboxylic acids is 1. The molecule has 3 N–H and O–H groups in total. The first-order valence-corrected chi connectivity index (χ1v) is 10.2. The van der Waals surface area contributed by atoms with Crippen molar-refractivity contribution in [2.75, 3.05) is 33.9 Å². The van der Waals surface area contributed by atoms with Crippen LogP contribution in [0.15, 0.2) is 29.7 Å². The average Bonchev–Trinajstić information content (AvgIpc) is 3.19. The largest absolute Gasteiger partial charge is 0.493 e. The fourth-order valence-corrected chi connectivity index (χ4v) is 3.69. The number of aromatic nitrogens is 2. The maximum absolute atomic E-state index is 12.3. The van der Waals surface area contributed by atoms with Gasteiger partial charge in [-0.2, -0.15) is 5.26 Å². The van der Waals surface area contributed by atoms with Crippen LogP contribution in [0.2, 0.25) is 0 Å². The van der Waals surface area contributed by atoms with Gasteiger partial charge in [0, 0.05) is 20.2 Å². The summed E-state index contributed by atoms with van der Waals surface area (Å²) in [5.41, 5.74) is 8.33. The summed E-state index contributed by atoms with van der Waals surface area (Å²) in [7, 11) is 3.08. The third-order valence-corrected chi connectivity index (χ3v) is 5.29. The Morgan fingerprint density at radius 2 is 2.06 bits per heavy atom. The second-order valence-corrected chi connectivity index (χ2v) is 7.04. The molecular formula is C22H27N5O5. The van der Waals surface area contributed by atoms with E-state index in [1.54, 1.807) is 30.2 Å². The summed E-state index contributed by atoms with van der Waals surface area (Å²) >= 11 is 0. The Morgan fingerprint density at radius 1 is 1.31 bits per heavy atom. The van der Waals surface area contributed by atoms with Gasteiger partial charge in [-0.25, -0.2) is 0 Å². The number of aromatic amines is 1. The van der Waals surface area contributed by atoms with Crippen molar-refractivity contribution in [3.8, 4) is 23.4 Å². The number of nitrogens with one attached hydrogen (secondary N) is 1. The van der Waals surface area contributed by atoms with Crippen LogP contribution in [0.1, 0.15) is 36.6 Å². The number of methoxy groups -OCH3 is 2. The first-order chi connectivity index (χ1) is 15.5. The number of benzene rings is 1. The van der Waals surface area contributed by atoms with Gasteiger partial charge in [0.1, 0.15) is 11.6 Å². The molecule has 1 aromatic carbocycles. The van der Waals surface area contributed by atoms with Crippen LogP contribution in [0.3, 0.4) is 0 Å². The van der Waals surface area contributed by atoms with Crippen LogP contribution in [0.4, 0.5) is 0 Å². The molecule has 32 heavy (non-hydrogen) atoms. The molecule has 0 bridgehead atoms. The van der Waals surface area contributed by atoms with Crippen LogP contribution < -0.4 is 19.9 Å². The highest BCUT2D eigenvalue weighted by molar-refractivity contribution is 5.77. The van der Waals surface area contributed by atoms with Gasteiger partial charge in [-0.15, -0.1) is 5.10 Å². The van der Waals surface area contributed by atoms with Crippen molar-refractivity contribution in [1.29, 1.82) is 5.26 Å². The Hall–Kier alpha value is -3.71. The second-order valence-electron chi connectivity index (χ2n) is 7.04. The van der Waals surface area contributed by atoms with E-state index in [9.17, 15) is 10.1 Å². The zero-order valence-electron chi connectivity index (χ0n) is 18.6. The molecule has 0 spiro atoms. The number of nitrogens with zero attached hydrogens (tertiary/aromatic N) is 3. The minimum Gasteiger partial charge on any atom is -0.493 e. The number of likely N-dealkylation sites (N-methyl/N-ethyl adjacent to an activating group) is 1. The van der Waals surface area contributed by atoms with Gasteiger partial charge >= 0.3 is 0 Å². The third kappa shape index (κ3) is 4.33. The zero-order valence-corrected chi connectivity index (χ0v) is 18.6. The molecule has 170 valence electrons. The molecule has 1 atom stereocenters. The van der Waals surface area contributed by atoms with Gasteiger partial charge in [0.05, 0.1) is 30.9 Å². The second kappa shape index (κ2) is 10.1. The molecule has 1 aliphatic rings. The van der Waals surface area contributed by atoms with E-state index < -0.39 is 5.92 Å². The smallest absolute Gasteiger partial charge is 0.260 e. The number of hydrogen-bond acceptors (Lipinski definition) is 8. The van der Waals surface area contributed by atoms with E-state index in [4.69, 9.17) is 24.7 Å². The molecule has 2 heterocycles. The van der Waals surface area contributed by atoms with Crippen molar-refractivity contribution in [3.63, 3.8) is 0 Å². The van der Waals surface area contributed by atoms with E-state index in [0.717, 1.165) is 5.56 Å². The topological polar surface area (TPSA) is 136 Å². The molecular weight excluding hydrogens is 414 g/mol. The predicted molar refractivity (Wildman–Crippen MR) is 115 cm³/mol. The number of nitrogens with two attached hydrogens (primary N) is 1. The highest BCUT2D eigenvalue weighted by Gasteiger charge is 2.35. The normalized spacial score (nSPS) is 14.9. The molecule has 0 saturated heterocycles. The number of amides is 1. The number of fused-ring (bicyclic) bond motifs is 1. The summed E-state index contributed by atoms with van der Waals surface area (Å²) < 4.78 is 22.0. The Balaban J connectivity index is 1.97. The van der Waals surface area contributed by atoms with Gasteiger partial charge in [-0.1, -0.05) is 6.07 Å². The highest BCUT2D eigenvalue weighted by Crippen LogP contribution is 2.44. The van der Waals surface area contributed by atoms with Crippen molar-refractivity contribution in [2.45, 2.75) is 26.4 Å². The summed E-state index contributed by atoms with van der Waals surface area (Å²) in [4.78, 5) is 14.0. The fraction of sp³-hybridized carbons (Fsp3) is 0.409. The van der Waals surface area contributed by atoms with Crippen LogP contribution in [0.5, 0.6) is 17.4 Å². The highest BCUT2D eigenvalue weighted by atomic mass is 16.5. The number of nitriles is 1. The van der Waals surface area contributed by atoms with Crippen LogP contribution in [-0.2, 0) is 16.1 Å². The van der Waals surface area contributed by atoms with Crippen molar-refractivity contribution >= 4 is 5.91 Å². The minimum atomic E-state index is -0.534. The molecule has 2 aromatic rings. The molecule has 0 radical (unpaired) electrons. The molecule has 1 aliphatic heterocycles. The van der Waals surface area contributed by atoms with Crippen molar-refractivity contribution in [3.05, 3.63) is 46.5 Å². The van der Waals surface area contributed by atoms with Crippen LogP contribution in [0, 0.1) is 11.3 Å².